The monoisotopic (exact) mass is 269 g/mol. The van der Waals surface area contributed by atoms with Gasteiger partial charge in [0.1, 0.15) is 0 Å². The Bertz CT molecular complexity index is 357. The van der Waals surface area contributed by atoms with Gasteiger partial charge in [-0.1, -0.05) is 6.92 Å². The van der Waals surface area contributed by atoms with E-state index >= 15 is 0 Å². The third-order valence-corrected chi connectivity index (χ3v) is 4.63. The van der Waals surface area contributed by atoms with E-state index < -0.39 is 5.97 Å². The Kier molecular flexibility index (Phi) is 4.45. The SMILES string of the molecule is COC1CN(C(=O)C2CCC(C(=O)O)C2)CCC1C. The fraction of sp³-hybridized carbons (Fsp3) is 0.857. The number of carboxylic acid groups (broad SMARTS) is 1. The second-order valence-electron chi connectivity index (χ2n) is 5.87. The third-order valence-electron chi connectivity index (χ3n) is 4.63. The van der Waals surface area contributed by atoms with Crippen molar-refractivity contribution in [2.24, 2.45) is 17.8 Å². The van der Waals surface area contributed by atoms with Gasteiger partial charge in [-0.25, -0.2) is 0 Å². The summed E-state index contributed by atoms with van der Waals surface area (Å²) in [5, 5.41) is 8.99. The average Bonchev–Trinajstić information content (AvgIpc) is 2.88. The van der Waals surface area contributed by atoms with E-state index in [1.807, 2.05) is 4.90 Å². The van der Waals surface area contributed by atoms with Gasteiger partial charge >= 0.3 is 5.97 Å². The number of aliphatic carboxylic acids is 1. The van der Waals surface area contributed by atoms with Crippen molar-refractivity contribution in [1.29, 1.82) is 0 Å². The Morgan fingerprint density at radius 3 is 2.47 bits per heavy atom. The van der Waals surface area contributed by atoms with Gasteiger partial charge in [-0.3, -0.25) is 9.59 Å². The van der Waals surface area contributed by atoms with Crippen LogP contribution in [0, 0.1) is 17.8 Å². The van der Waals surface area contributed by atoms with Crippen molar-refractivity contribution in [2.45, 2.75) is 38.7 Å². The molecule has 0 aromatic carbocycles. The van der Waals surface area contributed by atoms with Gasteiger partial charge in [0.15, 0.2) is 0 Å². The molecule has 1 amide bonds. The molecule has 0 radical (unpaired) electrons. The van der Waals surface area contributed by atoms with Crippen LogP contribution < -0.4 is 0 Å². The van der Waals surface area contributed by atoms with Crippen molar-refractivity contribution >= 4 is 11.9 Å². The maximum Gasteiger partial charge on any atom is 0.306 e. The molecule has 1 heterocycles. The van der Waals surface area contributed by atoms with E-state index in [0.717, 1.165) is 13.0 Å². The fourth-order valence-corrected chi connectivity index (χ4v) is 3.23. The summed E-state index contributed by atoms with van der Waals surface area (Å²) in [6.45, 7) is 3.56. The van der Waals surface area contributed by atoms with Crippen LogP contribution in [0.4, 0.5) is 0 Å². The second kappa shape index (κ2) is 5.90. The summed E-state index contributed by atoms with van der Waals surface area (Å²) in [7, 11) is 1.69. The van der Waals surface area contributed by atoms with Crippen molar-refractivity contribution in [3.05, 3.63) is 0 Å². The quantitative estimate of drug-likeness (QED) is 0.840. The van der Waals surface area contributed by atoms with Crippen molar-refractivity contribution in [3.8, 4) is 0 Å². The number of hydrogen-bond donors (Lipinski definition) is 1. The molecule has 4 atom stereocenters. The lowest BCUT2D eigenvalue weighted by Gasteiger charge is -2.37. The van der Waals surface area contributed by atoms with E-state index in [-0.39, 0.29) is 23.8 Å². The molecule has 1 N–H and O–H groups in total. The second-order valence-corrected chi connectivity index (χ2v) is 5.87. The van der Waals surface area contributed by atoms with Gasteiger partial charge in [0.05, 0.1) is 12.0 Å². The van der Waals surface area contributed by atoms with Gasteiger partial charge < -0.3 is 14.7 Å². The third kappa shape index (κ3) is 3.08. The van der Waals surface area contributed by atoms with Gasteiger partial charge in [-0.05, 0) is 31.6 Å². The maximum atomic E-state index is 12.4. The number of rotatable bonds is 3. The molecular weight excluding hydrogens is 246 g/mol. The minimum Gasteiger partial charge on any atom is -0.481 e. The van der Waals surface area contributed by atoms with Crippen molar-refractivity contribution in [2.75, 3.05) is 20.2 Å². The summed E-state index contributed by atoms with van der Waals surface area (Å²) >= 11 is 0. The maximum absolute atomic E-state index is 12.4. The van der Waals surface area contributed by atoms with Gasteiger partial charge in [0.25, 0.3) is 0 Å². The molecular formula is C14H23NO4. The number of methoxy groups -OCH3 is 1. The summed E-state index contributed by atoms with van der Waals surface area (Å²) in [6, 6.07) is 0. The molecule has 19 heavy (non-hydrogen) atoms. The molecule has 2 fully saturated rings. The van der Waals surface area contributed by atoms with E-state index in [0.29, 0.717) is 31.7 Å². The Morgan fingerprint density at radius 2 is 1.89 bits per heavy atom. The Hall–Kier alpha value is -1.10. The first kappa shape index (κ1) is 14.3. The largest absolute Gasteiger partial charge is 0.481 e. The van der Waals surface area contributed by atoms with Gasteiger partial charge in [0.2, 0.25) is 5.91 Å². The molecule has 0 aromatic rings. The smallest absolute Gasteiger partial charge is 0.306 e. The van der Waals surface area contributed by atoms with Crippen molar-refractivity contribution in [3.63, 3.8) is 0 Å². The molecule has 1 saturated carbocycles. The molecule has 1 saturated heterocycles. The lowest BCUT2D eigenvalue weighted by Crippen LogP contribution is -2.48. The van der Waals surface area contributed by atoms with Crippen LogP contribution in [0.3, 0.4) is 0 Å². The molecule has 5 heteroatoms. The summed E-state index contributed by atoms with van der Waals surface area (Å²) in [6.07, 6.45) is 2.90. The van der Waals surface area contributed by atoms with Crippen LogP contribution in [-0.2, 0) is 14.3 Å². The van der Waals surface area contributed by atoms with Gasteiger partial charge in [-0.2, -0.15) is 0 Å². The van der Waals surface area contributed by atoms with E-state index in [1.54, 1.807) is 7.11 Å². The minimum absolute atomic E-state index is 0.105. The number of ether oxygens (including phenoxy) is 1. The highest BCUT2D eigenvalue weighted by molar-refractivity contribution is 5.81. The van der Waals surface area contributed by atoms with E-state index in [9.17, 15) is 9.59 Å². The molecule has 1 aliphatic heterocycles. The number of carbonyl (C=O) groups excluding carboxylic acids is 1. The topological polar surface area (TPSA) is 66.8 Å². The van der Waals surface area contributed by atoms with Gasteiger partial charge in [0, 0.05) is 26.1 Å². The van der Waals surface area contributed by atoms with Crippen molar-refractivity contribution in [1.82, 2.24) is 4.90 Å². The molecule has 0 bridgehead atoms. The molecule has 2 aliphatic rings. The van der Waals surface area contributed by atoms with Crippen LogP contribution in [0.1, 0.15) is 32.6 Å². The highest BCUT2D eigenvalue weighted by Gasteiger charge is 2.38. The molecule has 5 nitrogen and oxygen atoms in total. The van der Waals surface area contributed by atoms with E-state index in [2.05, 4.69) is 6.92 Å². The zero-order valence-electron chi connectivity index (χ0n) is 11.7. The molecule has 2 rings (SSSR count). The zero-order valence-corrected chi connectivity index (χ0v) is 11.7. The predicted octanol–water partition coefficient (Wildman–Crippen LogP) is 1.37. The standard InChI is InChI=1S/C14H23NO4/c1-9-5-6-15(8-12(9)19-2)13(16)10-3-4-11(7-10)14(17)18/h9-12H,3-8H2,1-2H3,(H,17,18). The summed E-state index contributed by atoms with van der Waals surface area (Å²) in [5.41, 5.74) is 0. The number of likely N-dealkylation sites (tertiary alicyclic amines) is 1. The molecule has 4 unspecified atom stereocenters. The lowest BCUT2D eigenvalue weighted by atomic mass is 9.94. The van der Waals surface area contributed by atoms with Crippen LogP contribution in [-0.4, -0.2) is 48.2 Å². The normalized spacial score (nSPS) is 35.4. The van der Waals surface area contributed by atoms with E-state index in [4.69, 9.17) is 9.84 Å². The Labute approximate surface area is 113 Å². The van der Waals surface area contributed by atoms with Crippen molar-refractivity contribution < 1.29 is 19.4 Å². The first-order valence-corrected chi connectivity index (χ1v) is 7.07. The Morgan fingerprint density at radius 1 is 1.21 bits per heavy atom. The number of amides is 1. The number of piperidine rings is 1. The van der Waals surface area contributed by atoms with Crippen LogP contribution in [0.15, 0.2) is 0 Å². The van der Waals surface area contributed by atoms with E-state index in [1.165, 1.54) is 0 Å². The highest BCUT2D eigenvalue weighted by Crippen LogP contribution is 2.33. The molecule has 108 valence electrons. The first-order chi connectivity index (χ1) is 9.02. The first-order valence-electron chi connectivity index (χ1n) is 7.07. The molecule has 0 aromatic heterocycles. The van der Waals surface area contributed by atoms with Crippen LogP contribution >= 0.6 is 0 Å². The zero-order chi connectivity index (χ0) is 14.0. The van der Waals surface area contributed by atoms with Gasteiger partial charge in [-0.15, -0.1) is 0 Å². The van der Waals surface area contributed by atoms with Crippen LogP contribution in [0.5, 0.6) is 0 Å². The number of nitrogens with zero attached hydrogens (tertiary/aromatic N) is 1. The summed E-state index contributed by atoms with van der Waals surface area (Å²) in [4.78, 5) is 25.2. The fourth-order valence-electron chi connectivity index (χ4n) is 3.23. The number of carboxylic acids is 1. The molecule has 0 spiro atoms. The Balaban J connectivity index is 1.92. The lowest BCUT2D eigenvalue weighted by molar-refractivity contribution is -0.142. The number of hydrogen-bond acceptors (Lipinski definition) is 3. The average molecular weight is 269 g/mol. The highest BCUT2D eigenvalue weighted by atomic mass is 16.5. The summed E-state index contributed by atoms with van der Waals surface area (Å²) < 4.78 is 5.42. The minimum atomic E-state index is -0.766. The summed E-state index contributed by atoms with van der Waals surface area (Å²) in [5.74, 6) is -0.609. The van der Waals surface area contributed by atoms with Crippen LogP contribution in [0.25, 0.3) is 0 Å². The number of carbonyl (C=O) groups is 2. The van der Waals surface area contributed by atoms with Crippen LogP contribution in [0.2, 0.25) is 0 Å². The predicted molar refractivity (Wildman–Crippen MR) is 69.6 cm³/mol. The molecule has 1 aliphatic carbocycles.